The Kier molecular flexibility index (Phi) is 5.64. The van der Waals surface area contributed by atoms with Gasteiger partial charge in [-0.1, -0.05) is 64.8 Å². The molecular formula is C27H22F2N4O2. The van der Waals surface area contributed by atoms with E-state index in [0.717, 1.165) is 40.5 Å². The van der Waals surface area contributed by atoms with Crippen LogP contribution in [0.5, 0.6) is 0 Å². The zero-order valence-corrected chi connectivity index (χ0v) is 19.3. The number of aromatic nitrogens is 2. The molecule has 0 radical (unpaired) electrons. The van der Waals surface area contributed by atoms with Crippen LogP contribution in [0.1, 0.15) is 35.5 Å². The lowest BCUT2D eigenvalue weighted by Crippen LogP contribution is -2.46. The van der Waals surface area contributed by atoms with E-state index in [2.05, 4.69) is 15.5 Å². The van der Waals surface area contributed by atoms with Crippen molar-refractivity contribution in [3.63, 3.8) is 0 Å². The molecule has 0 fully saturated rings. The average molecular weight is 472 g/mol. The van der Waals surface area contributed by atoms with Crippen LogP contribution in [0.25, 0.3) is 17.0 Å². The second-order valence-corrected chi connectivity index (χ2v) is 8.54. The number of benzene rings is 3. The first-order valence-electron chi connectivity index (χ1n) is 11.1. The number of carbonyl (C=O) groups excluding carboxylic acids is 1. The number of halogens is 2. The molecule has 4 aromatic rings. The summed E-state index contributed by atoms with van der Waals surface area (Å²) in [5.74, 6) is -0.988. The van der Waals surface area contributed by atoms with Gasteiger partial charge in [0.15, 0.2) is 0 Å². The SMILES string of the molecule is CC1=C(c2nc(-c3ccc(C)cc3)no2)C(c2ccc(C)cc2)NC(=O)N1c1cc(F)cc(F)c1. The predicted octanol–water partition coefficient (Wildman–Crippen LogP) is 6.33. The number of nitrogens with zero attached hydrogens (tertiary/aromatic N) is 3. The lowest BCUT2D eigenvalue weighted by atomic mass is 9.94. The number of carbonyl (C=O) groups is 1. The maximum atomic E-state index is 14.0. The smallest absolute Gasteiger partial charge is 0.327 e. The van der Waals surface area contributed by atoms with Gasteiger partial charge < -0.3 is 9.84 Å². The summed E-state index contributed by atoms with van der Waals surface area (Å²) in [6.45, 7) is 5.64. The number of hydrogen-bond acceptors (Lipinski definition) is 4. The van der Waals surface area contributed by atoms with Crippen molar-refractivity contribution >= 4 is 17.3 Å². The lowest BCUT2D eigenvalue weighted by Gasteiger charge is -2.35. The maximum absolute atomic E-state index is 14.0. The largest absolute Gasteiger partial charge is 0.334 e. The minimum atomic E-state index is -0.790. The number of nitrogens with one attached hydrogen (secondary N) is 1. The fraction of sp³-hybridized carbons (Fsp3) is 0.148. The van der Waals surface area contributed by atoms with Gasteiger partial charge in [0.25, 0.3) is 5.89 Å². The van der Waals surface area contributed by atoms with Crippen molar-refractivity contribution in [3.05, 3.63) is 107 Å². The molecular weight excluding hydrogens is 450 g/mol. The Morgan fingerprint density at radius 3 is 2.11 bits per heavy atom. The van der Waals surface area contributed by atoms with Crippen LogP contribution < -0.4 is 10.2 Å². The Hall–Kier alpha value is -4.33. The van der Waals surface area contributed by atoms with E-state index in [0.29, 0.717) is 17.1 Å². The minimum absolute atomic E-state index is 0.0515. The first-order chi connectivity index (χ1) is 16.8. The standard InChI is InChI=1S/C27H22F2N4O2/c1-15-4-8-18(9-5-15)24-23(26-31-25(32-35-26)19-10-6-16(2)7-11-19)17(3)33(27(34)30-24)22-13-20(28)12-21(29)14-22/h4-14,24H,1-3H3,(H,30,34). The van der Waals surface area contributed by atoms with Crippen molar-refractivity contribution in [3.8, 4) is 11.4 Å². The number of anilines is 1. The van der Waals surface area contributed by atoms with Crippen LogP contribution in [0, 0.1) is 25.5 Å². The monoisotopic (exact) mass is 472 g/mol. The van der Waals surface area contributed by atoms with E-state index >= 15 is 0 Å². The Morgan fingerprint density at radius 2 is 1.49 bits per heavy atom. The minimum Gasteiger partial charge on any atom is -0.334 e. The van der Waals surface area contributed by atoms with E-state index in [4.69, 9.17) is 4.52 Å². The van der Waals surface area contributed by atoms with E-state index in [1.807, 2.05) is 62.4 Å². The van der Waals surface area contributed by atoms with Gasteiger partial charge in [0.05, 0.1) is 17.3 Å². The highest BCUT2D eigenvalue weighted by molar-refractivity contribution is 6.01. The molecule has 2 heterocycles. The molecule has 1 N–H and O–H groups in total. The van der Waals surface area contributed by atoms with Crippen LogP contribution in [0.4, 0.5) is 19.3 Å². The summed E-state index contributed by atoms with van der Waals surface area (Å²) in [7, 11) is 0. The van der Waals surface area contributed by atoms with E-state index < -0.39 is 23.7 Å². The van der Waals surface area contributed by atoms with Crippen molar-refractivity contribution in [2.45, 2.75) is 26.8 Å². The zero-order chi connectivity index (χ0) is 24.7. The summed E-state index contributed by atoms with van der Waals surface area (Å²) in [6.07, 6.45) is 0. The molecule has 3 aromatic carbocycles. The van der Waals surface area contributed by atoms with E-state index in [1.165, 1.54) is 4.90 Å². The Morgan fingerprint density at radius 1 is 0.886 bits per heavy atom. The van der Waals surface area contributed by atoms with Crippen LogP contribution in [0.2, 0.25) is 0 Å². The van der Waals surface area contributed by atoms with Gasteiger partial charge >= 0.3 is 6.03 Å². The quantitative estimate of drug-likeness (QED) is 0.377. The van der Waals surface area contributed by atoms with Crippen LogP contribution in [0.15, 0.2) is 77.0 Å². The van der Waals surface area contributed by atoms with Gasteiger partial charge in [0, 0.05) is 17.3 Å². The van der Waals surface area contributed by atoms with Gasteiger partial charge in [-0.15, -0.1) is 0 Å². The third-order valence-electron chi connectivity index (χ3n) is 5.97. The summed E-state index contributed by atoms with van der Waals surface area (Å²) >= 11 is 0. The van der Waals surface area contributed by atoms with Gasteiger partial charge in [0.1, 0.15) is 11.6 Å². The third kappa shape index (κ3) is 4.30. The molecule has 1 aromatic heterocycles. The van der Waals surface area contributed by atoms with Crippen LogP contribution in [-0.2, 0) is 0 Å². The highest BCUT2D eigenvalue weighted by Gasteiger charge is 2.36. The van der Waals surface area contributed by atoms with Gasteiger partial charge in [-0.2, -0.15) is 4.98 Å². The number of rotatable bonds is 4. The molecule has 6 nitrogen and oxygen atoms in total. The number of hydrogen-bond donors (Lipinski definition) is 1. The topological polar surface area (TPSA) is 71.3 Å². The highest BCUT2D eigenvalue weighted by Crippen LogP contribution is 2.39. The Balaban J connectivity index is 1.66. The number of amides is 2. The molecule has 176 valence electrons. The molecule has 2 amide bonds. The molecule has 35 heavy (non-hydrogen) atoms. The van der Waals surface area contributed by atoms with Gasteiger partial charge in [-0.05, 0) is 38.5 Å². The van der Waals surface area contributed by atoms with Crippen molar-refractivity contribution < 1.29 is 18.1 Å². The number of aryl methyl sites for hydroxylation is 2. The molecule has 0 saturated heterocycles. The molecule has 0 bridgehead atoms. The Labute approximate surface area is 200 Å². The van der Waals surface area contributed by atoms with Crippen LogP contribution >= 0.6 is 0 Å². The summed E-state index contributed by atoms with van der Waals surface area (Å²) in [4.78, 5) is 19.0. The van der Waals surface area contributed by atoms with Crippen LogP contribution in [-0.4, -0.2) is 16.2 Å². The van der Waals surface area contributed by atoms with Crippen molar-refractivity contribution in [2.75, 3.05) is 4.90 Å². The highest BCUT2D eigenvalue weighted by atomic mass is 19.1. The fourth-order valence-corrected chi connectivity index (χ4v) is 4.16. The third-order valence-corrected chi connectivity index (χ3v) is 5.97. The van der Waals surface area contributed by atoms with Crippen molar-refractivity contribution in [1.29, 1.82) is 0 Å². The zero-order valence-electron chi connectivity index (χ0n) is 19.3. The van der Waals surface area contributed by atoms with E-state index in [9.17, 15) is 13.6 Å². The normalized spacial score (nSPS) is 16.0. The fourth-order valence-electron chi connectivity index (χ4n) is 4.16. The van der Waals surface area contributed by atoms with Crippen molar-refractivity contribution in [2.24, 2.45) is 0 Å². The number of urea groups is 1. The molecule has 1 atom stereocenters. The van der Waals surface area contributed by atoms with Gasteiger partial charge in [-0.3, -0.25) is 4.90 Å². The average Bonchev–Trinajstić information content (AvgIpc) is 3.29. The van der Waals surface area contributed by atoms with E-state index in [-0.39, 0.29) is 11.6 Å². The molecule has 0 saturated carbocycles. The molecule has 1 aliphatic rings. The Bertz CT molecular complexity index is 1420. The van der Waals surface area contributed by atoms with Crippen LogP contribution in [0.3, 0.4) is 0 Å². The molecule has 0 aliphatic carbocycles. The van der Waals surface area contributed by atoms with Gasteiger partial charge in [0.2, 0.25) is 5.82 Å². The summed E-state index contributed by atoms with van der Waals surface area (Å²) in [5.41, 5.74) is 4.75. The molecule has 5 rings (SSSR count). The maximum Gasteiger partial charge on any atom is 0.327 e. The summed E-state index contributed by atoms with van der Waals surface area (Å²) < 4.78 is 33.7. The summed E-state index contributed by atoms with van der Waals surface area (Å²) in [5, 5.41) is 7.07. The predicted molar refractivity (Wildman–Crippen MR) is 128 cm³/mol. The number of allylic oxidation sites excluding steroid dienone is 1. The molecule has 8 heteroatoms. The van der Waals surface area contributed by atoms with E-state index in [1.54, 1.807) is 6.92 Å². The molecule has 1 aliphatic heterocycles. The second kappa shape index (κ2) is 8.79. The first kappa shape index (κ1) is 22.5. The first-order valence-corrected chi connectivity index (χ1v) is 11.1. The molecule has 1 unspecified atom stereocenters. The lowest BCUT2D eigenvalue weighted by molar-refractivity contribution is 0.244. The van der Waals surface area contributed by atoms with Gasteiger partial charge in [-0.25, -0.2) is 13.6 Å². The second-order valence-electron chi connectivity index (χ2n) is 8.54. The molecule has 0 spiro atoms. The van der Waals surface area contributed by atoms with Crippen molar-refractivity contribution in [1.82, 2.24) is 15.5 Å². The summed E-state index contributed by atoms with van der Waals surface area (Å²) in [6, 6.07) is 17.2.